The molecular formula is C33H35BN2. The summed E-state index contributed by atoms with van der Waals surface area (Å²) in [5.74, 6) is 0. The molecule has 5 aromatic rings. The van der Waals surface area contributed by atoms with E-state index in [1.807, 2.05) is 0 Å². The molecule has 2 nitrogen and oxygen atoms in total. The predicted molar refractivity (Wildman–Crippen MR) is 158 cm³/mol. The van der Waals surface area contributed by atoms with Gasteiger partial charge in [-0.05, 0) is 57.1 Å². The highest BCUT2D eigenvalue weighted by molar-refractivity contribution is 6.88. The first-order valence-corrected chi connectivity index (χ1v) is 13.1. The number of aromatic nitrogens is 1. The molecule has 0 unspecified atom stereocenters. The van der Waals surface area contributed by atoms with Crippen molar-refractivity contribution in [2.75, 3.05) is 11.9 Å². The number of fused-ring (bicyclic) bond motifs is 5. The van der Waals surface area contributed by atoms with Crippen LogP contribution in [0.2, 0.25) is 0 Å². The van der Waals surface area contributed by atoms with Crippen molar-refractivity contribution in [2.45, 2.75) is 52.4 Å². The van der Waals surface area contributed by atoms with Gasteiger partial charge in [0.25, 0.3) is 0 Å². The highest BCUT2D eigenvalue weighted by atomic mass is 15.1. The fourth-order valence-electron chi connectivity index (χ4n) is 5.88. The van der Waals surface area contributed by atoms with E-state index in [2.05, 4.69) is 143 Å². The highest BCUT2D eigenvalue weighted by Crippen LogP contribution is 2.37. The Morgan fingerprint density at radius 2 is 0.972 bits per heavy atom. The Hall–Kier alpha value is -3.46. The molecule has 0 amide bonds. The van der Waals surface area contributed by atoms with E-state index in [4.69, 9.17) is 0 Å². The Morgan fingerprint density at radius 1 is 0.556 bits per heavy atom. The van der Waals surface area contributed by atoms with E-state index in [9.17, 15) is 0 Å². The number of benzene rings is 4. The molecular weight excluding hydrogens is 435 g/mol. The molecule has 0 atom stereocenters. The summed E-state index contributed by atoms with van der Waals surface area (Å²) in [6.07, 6.45) is 0. The van der Waals surface area contributed by atoms with Gasteiger partial charge in [0, 0.05) is 40.2 Å². The van der Waals surface area contributed by atoms with Crippen LogP contribution in [0.15, 0.2) is 84.9 Å². The van der Waals surface area contributed by atoms with Gasteiger partial charge in [0.05, 0.1) is 0 Å². The van der Waals surface area contributed by atoms with Gasteiger partial charge in [-0.25, -0.2) is 0 Å². The fraction of sp³-hybridized carbons (Fsp3) is 0.273. The minimum atomic E-state index is 0.0780. The molecule has 36 heavy (non-hydrogen) atoms. The lowest BCUT2D eigenvalue weighted by Gasteiger charge is -2.35. The van der Waals surface area contributed by atoms with Crippen molar-refractivity contribution in [2.24, 2.45) is 0 Å². The van der Waals surface area contributed by atoms with Crippen LogP contribution >= 0.6 is 0 Å². The van der Waals surface area contributed by atoms with E-state index >= 15 is 0 Å². The topological polar surface area (TPSA) is 8.17 Å². The van der Waals surface area contributed by atoms with Gasteiger partial charge in [0.1, 0.15) is 0 Å². The summed E-state index contributed by atoms with van der Waals surface area (Å²) in [6.45, 7) is 13.9. The van der Waals surface area contributed by atoms with Crippen molar-refractivity contribution < 1.29 is 0 Å². The van der Waals surface area contributed by atoms with Crippen LogP contribution < -0.4 is 15.8 Å². The minimum Gasteiger partial charge on any atom is -0.376 e. The molecule has 1 aliphatic heterocycles. The first-order chi connectivity index (χ1) is 17.1. The van der Waals surface area contributed by atoms with Crippen LogP contribution in [0.1, 0.15) is 52.7 Å². The van der Waals surface area contributed by atoms with E-state index in [1.54, 1.807) is 0 Å². The zero-order chi connectivity index (χ0) is 25.4. The summed E-state index contributed by atoms with van der Waals surface area (Å²) in [6, 6.07) is 32.0. The Kier molecular flexibility index (Phi) is 4.96. The van der Waals surface area contributed by atoms with Crippen molar-refractivity contribution in [3.8, 4) is 0 Å². The quantitative estimate of drug-likeness (QED) is 0.237. The van der Waals surface area contributed by atoms with Crippen LogP contribution in [0, 0.1) is 0 Å². The van der Waals surface area contributed by atoms with Crippen LogP contribution in [-0.4, -0.2) is 18.4 Å². The van der Waals surface area contributed by atoms with Gasteiger partial charge in [-0.2, -0.15) is 0 Å². The van der Waals surface area contributed by atoms with E-state index in [0.29, 0.717) is 0 Å². The Balaban J connectivity index is 1.78. The fourth-order valence-corrected chi connectivity index (χ4v) is 5.88. The standard InChI is InChI=1S/C33H35BN2/c1-32(2,3)22-16-18-24-25-19-17-23(33(4,5)6)21-31(25)36(30(24)20-22)34-26-12-8-10-14-28(26)35(7)29-15-11-9-13-27(29)34/h8-21H,1-7H3. The third-order valence-corrected chi connectivity index (χ3v) is 7.98. The summed E-state index contributed by atoms with van der Waals surface area (Å²) in [5.41, 5.74) is 10.7. The smallest absolute Gasteiger partial charge is 0.332 e. The number of rotatable bonds is 1. The molecule has 0 bridgehead atoms. The molecule has 0 N–H and O–H groups in total. The number of hydrogen-bond donors (Lipinski definition) is 0. The van der Waals surface area contributed by atoms with Gasteiger partial charge in [-0.1, -0.05) is 102 Å². The number of hydrogen-bond acceptors (Lipinski definition) is 1. The van der Waals surface area contributed by atoms with Crippen molar-refractivity contribution in [3.63, 3.8) is 0 Å². The normalized spacial score (nSPS) is 13.9. The molecule has 2 heterocycles. The lowest BCUT2D eigenvalue weighted by atomic mass is 9.47. The van der Waals surface area contributed by atoms with Crippen LogP contribution in [-0.2, 0) is 10.8 Å². The monoisotopic (exact) mass is 470 g/mol. The van der Waals surface area contributed by atoms with E-state index < -0.39 is 0 Å². The average molecular weight is 470 g/mol. The third kappa shape index (κ3) is 3.40. The molecule has 0 spiro atoms. The summed E-state index contributed by atoms with van der Waals surface area (Å²) >= 11 is 0. The summed E-state index contributed by atoms with van der Waals surface area (Å²) in [5, 5.41) is 2.65. The third-order valence-electron chi connectivity index (χ3n) is 7.98. The molecule has 0 radical (unpaired) electrons. The Bertz CT molecular complexity index is 1510. The maximum absolute atomic E-state index is 2.62. The second kappa shape index (κ2) is 7.77. The molecule has 4 aromatic carbocycles. The predicted octanol–water partition coefficient (Wildman–Crippen LogP) is 7.12. The maximum atomic E-state index is 2.62. The summed E-state index contributed by atoms with van der Waals surface area (Å²) in [4.78, 5) is 2.34. The van der Waals surface area contributed by atoms with Crippen molar-refractivity contribution >= 4 is 51.0 Å². The molecule has 180 valence electrons. The number of anilines is 2. The molecule has 1 aromatic heterocycles. The van der Waals surface area contributed by atoms with Crippen LogP contribution in [0.25, 0.3) is 21.8 Å². The van der Waals surface area contributed by atoms with Crippen molar-refractivity contribution in [3.05, 3.63) is 96.1 Å². The van der Waals surface area contributed by atoms with Gasteiger partial charge in [-0.3, -0.25) is 0 Å². The Morgan fingerprint density at radius 3 is 1.39 bits per heavy atom. The molecule has 1 aliphatic rings. The van der Waals surface area contributed by atoms with Gasteiger partial charge < -0.3 is 9.38 Å². The molecule has 6 rings (SSSR count). The van der Waals surface area contributed by atoms with Crippen LogP contribution in [0.5, 0.6) is 0 Å². The first-order valence-electron chi connectivity index (χ1n) is 13.1. The lowest BCUT2D eigenvalue weighted by molar-refractivity contribution is 0.591. The van der Waals surface area contributed by atoms with Gasteiger partial charge in [0.2, 0.25) is 0 Å². The van der Waals surface area contributed by atoms with Crippen molar-refractivity contribution in [1.29, 1.82) is 0 Å². The van der Waals surface area contributed by atoms with E-state index in [-0.39, 0.29) is 17.7 Å². The number of para-hydroxylation sites is 2. The molecule has 3 heteroatoms. The van der Waals surface area contributed by atoms with Crippen LogP contribution in [0.3, 0.4) is 0 Å². The Labute approximate surface area is 215 Å². The zero-order valence-corrected chi connectivity index (χ0v) is 22.6. The largest absolute Gasteiger partial charge is 0.376 e. The molecule has 0 saturated carbocycles. The van der Waals surface area contributed by atoms with E-state index in [1.165, 1.54) is 55.2 Å². The average Bonchev–Trinajstić information content (AvgIpc) is 3.16. The van der Waals surface area contributed by atoms with E-state index in [0.717, 1.165) is 0 Å². The minimum absolute atomic E-state index is 0.0780. The zero-order valence-electron chi connectivity index (χ0n) is 22.6. The van der Waals surface area contributed by atoms with Crippen molar-refractivity contribution in [1.82, 2.24) is 4.48 Å². The summed E-state index contributed by atoms with van der Waals surface area (Å²) < 4.78 is 2.62. The number of nitrogens with zero attached hydrogens (tertiary/aromatic N) is 2. The van der Waals surface area contributed by atoms with Gasteiger partial charge in [0.15, 0.2) is 0 Å². The molecule has 0 aliphatic carbocycles. The second-order valence-electron chi connectivity index (χ2n) is 12.4. The second-order valence-corrected chi connectivity index (χ2v) is 12.4. The summed E-state index contributed by atoms with van der Waals surface area (Å²) in [7, 11) is 2.19. The van der Waals surface area contributed by atoms with Crippen LogP contribution in [0.4, 0.5) is 11.4 Å². The highest BCUT2D eigenvalue weighted by Gasteiger charge is 2.36. The lowest BCUT2D eigenvalue weighted by Crippen LogP contribution is -2.54. The maximum Gasteiger partial charge on any atom is 0.332 e. The molecule has 0 saturated heterocycles. The van der Waals surface area contributed by atoms with Gasteiger partial charge >= 0.3 is 6.85 Å². The van der Waals surface area contributed by atoms with Gasteiger partial charge in [-0.15, -0.1) is 0 Å². The molecule has 0 fully saturated rings. The first kappa shape index (κ1) is 23.0. The SMILES string of the molecule is CN1c2ccccc2B(n2c3cc(C(C)(C)C)ccc3c3ccc(C(C)(C)C)cc32)c2ccccc21.